The Labute approximate surface area is 179 Å². The maximum absolute atomic E-state index is 11.8. The first-order valence-electron chi connectivity index (χ1n) is 10.3. The second-order valence-electron chi connectivity index (χ2n) is 8.37. The van der Waals surface area contributed by atoms with E-state index in [1.54, 1.807) is 6.20 Å². The van der Waals surface area contributed by atoms with Crippen LogP contribution in [-0.2, 0) is 18.5 Å². The number of benzene rings is 1. The van der Waals surface area contributed by atoms with E-state index in [-0.39, 0.29) is 17.5 Å². The maximum Gasteiger partial charge on any atom is 0.319 e. The molecule has 0 radical (unpaired) electrons. The van der Waals surface area contributed by atoms with E-state index in [4.69, 9.17) is 4.42 Å². The summed E-state index contributed by atoms with van der Waals surface area (Å²) >= 11 is 0. The van der Waals surface area contributed by atoms with E-state index < -0.39 is 0 Å². The van der Waals surface area contributed by atoms with Crippen LogP contribution in [0.25, 0.3) is 0 Å². The predicted molar refractivity (Wildman–Crippen MR) is 121 cm³/mol. The van der Waals surface area contributed by atoms with Gasteiger partial charge in [-0.3, -0.25) is 0 Å². The smallest absolute Gasteiger partial charge is 0.319 e. The molecule has 0 saturated carbocycles. The van der Waals surface area contributed by atoms with E-state index in [0.29, 0.717) is 24.9 Å². The van der Waals surface area contributed by atoms with Crippen molar-refractivity contribution in [3.05, 3.63) is 47.7 Å². The van der Waals surface area contributed by atoms with Crippen molar-refractivity contribution in [1.29, 1.82) is 0 Å². The number of guanidine groups is 1. The molecular formula is C22H34N6O2. The molecule has 2 rings (SSSR count). The van der Waals surface area contributed by atoms with E-state index >= 15 is 0 Å². The van der Waals surface area contributed by atoms with E-state index in [1.165, 1.54) is 0 Å². The molecule has 0 aliphatic carbocycles. The third-order valence-corrected chi connectivity index (χ3v) is 4.10. The van der Waals surface area contributed by atoms with Gasteiger partial charge in [0, 0.05) is 23.7 Å². The SMILES string of the molecule is CCNC(=NCc1ccc(NC(=O)NC(C)C)cc1)NCc1ncc(C(C)(C)C)o1. The molecule has 0 bridgehead atoms. The maximum atomic E-state index is 11.8. The number of hydrogen-bond donors (Lipinski definition) is 4. The van der Waals surface area contributed by atoms with Crippen LogP contribution in [0.1, 0.15) is 58.8 Å². The van der Waals surface area contributed by atoms with Crippen LogP contribution in [-0.4, -0.2) is 29.6 Å². The van der Waals surface area contributed by atoms with Crippen molar-refractivity contribution in [2.45, 2.75) is 66.1 Å². The average Bonchev–Trinajstić information content (AvgIpc) is 3.14. The molecule has 1 aromatic carbocycles. The first kappa shape index (κ1) is 23.3. The van der Waals surface area contributed by atoms with Crippen LogP contribution in [0.15, 0.2) is 39.9 Å². The zero-order valence-electron chi connectivity index (χ0n) is 18.8. The molecular weight excluding hydrogens is 380 g/mol. The van der Waals surface area contributed by atoms with Crippen LogP contribution in [0, 0.1) is 0 Å². The first-order chi connectivity index (χ1) is 14.2. The highest BCUT2D eigenvalue weighted by atomic mass is 16.4. The second kappa shape index (κ2) is 10.7. The Hall–Kier alpha value is -3.03. The number of urea groups is 1. The van der Waals surface area contributed by atoms with Gasteiger partial charge in [-0.05, 0) is 38.5 Å². The summed E-state index contributed by atoms with van der Waals surface area (Å²) in [4.78, 5) is 20.7. The lowest BCUT2D eigenvalue weighted by Crippen LogP contribution is -2.36. The molecule has 8 heteroatoms. The molecule has 4 N–H and O–H groups in total. The van der Waals surface area contributed by atoms with E-state index in [1.807, 2.05) is 45.0 Å². The number of anilines is 1. The number of aliphatic imine (C=N–C) groups is 1. The van der Waals surface area contributed by atoms with Crippen LogP contribution in [0.2, 0.25) is 0 Å². The van der Waals surface area contributed by atoms with Crippen molar-refractivity contribution in [3.8, 4) is 0 Å². The van der Waals surface area contributed by atoms with Crippen molar-refractivity contribution in [2.24, 2.45) is 4.99 Å². The van der Waals surface area contributed by atoms with E-state index in [2.05, 4.69) is 52.0 Å². The van der Waals surface area contributed by atoms with Crippen LogP contribution in [0.5, 0.6) is 0 Å². The van der Waals surface area contributed by atoms with Crippen molar-refractivity contribution in [2.75, 3.05) is 11.9 Å². The van der Waals surface area contributed by atoms with Crippen LogP contribution >= 0.6 is 0 Å². The zero-order valence-corrected chi connectivity index (χ0v) is 18.8. The lowest BCUT2D eigenvalue weighted by molar-refractivity contribution is 0.250. The van der Waals surface area contributed by atoms with Crippen molar-refractivity contribution >= 4 is 17.7 Å². The van der Waals surface area contributed by atoms with Crippen LogP contribution in [0.3, 0.4) is 0 Å². The van der Waals surface area contributed by atoms with Gasteiger partial charge in [0.25, 0.3) is 0 Å². The summed E-state index contributed by atoms with van der Waals surface area (Å²) in [5.41, 5.74) is 1.71. The largest absolute Gasteiger partial charge is 0.443 e. The summed E-state index contributed by atoms with van der Waals surface area (Å²) in [7, 11) is 0. The number of amides is 2. The molecule has 1 heterocycles. The summed E-state index contributed by atoms with van der Waals surface area (Å²) < 4.78 is 5.81. The molecule has 2 aromatic rings. The Morgan fingerprint density at radius 2 is 1.87 bits per heavy atom. The third-order valence-electron chi connectivity index (χ3n) is 4.10. The van der Waals surface area contributed by atoms with Gasteiger partial charge in [-0.2, -0.15) is 0 Å². The van der Waals surface area contributed by atoms with Crippen molar-refractivity contribution in [1.82, 2.24) is 20.9 Å². The number of aromatic nitrogens is 1. The monoisotopic (exact) mass is 414 g/mol. The Kier molecular flexibility index (Phi) is 8.26. The molecule has 0 unspecified atom stereocenters. The topological polar surface area (TPSA) is 104 Å². The van der Waals surface area contributed by atoms with Gasteiger partial charge in [-0.25, -0.2) is 14.8 Å². The lowest BCUT2D eigenvalue weighted by Gasteiger charge is -2.13. The highest BCUT2D eigenvalue weighted by molar-refractivity contribution is 5.89. The summed E-state index contributed by atoms with van der Waals surface area (Å²) in [5, 5.41) is 12.1. The van der Waals surface area contributed by atoms with Gasteiger partial charge in [-0.1, -0.05) is 32.9 Å². The Morgan fingerprint density at radius 3 is 2.43 bits per heavy atom. The van der Waals surface area contributed by atoms with Crippen LogP contribution < -0.4 is 21.3 Å². The molecule has 164 valence electrons. The number of rotatable bonds is 7. The Balaban J connectivity index is 1.92. The molecule has 0 aliphatic rings. The molecule has 0 spiro atoms. The molecule has 2 amide bonds. The van der Waals surface area contributed by atoms with Gasteiger partial charge in [0.05, 0.1) is 19.3 Å². The van der Waals surface area contributed by atoms with Crippen LogP contribution in [0.4, 0.5) is 10.5 Å². The molecule has 0 saturated heterocycles. The van der Waals surface area contributed by atoms with Gasteiger partial charge in [-0.15, -0.1) is 0 Å². The molecule has 0 atom stereocenters. The summed E-state index contributed by atoms with van der Waals surface area (Å²) in [6.07, 6.45) is 1.78. The van der Waals surface area contributed by atoms with E-state index in [0.717, 1.165) is 23.6 Å². The van der Waals surface area contributed by atoms with Gasteiger partial charge in [0.15, 0.2) is 5.96 Å². The minimum absolute atomic E-state index is 0.0691. The molecule has 0 aliphatic heterocycles. The lowest BCUT2D eigenvalue weighted by atomic mass is 9.94. The minimum Gasteiger partial charge on any atom is -0.443 e. The normalized spacial score (nSPS) is 12.0. The number of carbonyl (C=O) groups excluding carboxylic acids is 1. The number of oxazole rings is 1. The Bertz CT molecular complexity index is 834. The van der Waals surface area contributed by atoms with Gasteiger partial charge < -0.3 is 25.7 Å². The second-order valence-corrected chi connectivity index (χ2v) is 8.37. The Morgan fingerprint density at radius 1 is 1.17 bits per heavy atom. The fourth-order valence-corrected chi connectivity index (χ4v) is 2.53. The zero-order chi connectivity index (χ0) is 22.1. The predicted octanol–water partition coefficient (Wildman–Crippen LogP) is 3.76. The first-order valence-corrected chi connectivity index (χ1v) is 10.3. The highest BCUT2D eigenvalue weighted by Crippen LogP contribution is 2.22. The van der Waals surface area contributed by atoms with Gasteiger partial charge in [0.1, 0.15) is 5.76 Å². The molecule has 1 aromatic heterocycles. The third kappa shape index (κ3) is 7.77. The fraction of sp³-hybridized carbons (Fsp3) is 0.500. The summed E-state index contributed by atoms with van der Waals surface area (Å²) in [5.74, 6) is 2.17. The summed E-state index contributed by atoms with van der Waals surface area (Å²) in [6, 6.07) is 7.50. The van der Waals surface area contributed by atoms with Crippen molar-refractivity contribution in [3.63, 3.8) is 0 Å². The molecule has 30 heavy (non-hydrogen) atoms. The minimum atomic E-state index is -0.212. The van der Waals surface area contributed by atoms with E-state index in [9.17, 15) is 4.79 Å². The van der Waals surface area contributed by atoms with Gasteiger partial charge >= 0.3 is 6.03 Å². The summed E-state index contributed by atoms with van der Waals surface area (Å²) in [6.45, 7) is 13.8. The fourth-order valence-electron chi connectivity index (χ4n) is 2.53. The number of carbonyl (C=O) groups is 1. The quantitative estimate of drug-likeness (QED) is 0.408. The number of hydrogen-bond acceptors (Lipinski definition) is 4. The highest BCUT2D eigenvalue weighted by Gasteiger charge is 2.19. The average molecular weight is 415 g/mol. The number of nitrogens with zero attached hydrogens (tertiary/aromatic N) is 2. The molecule has 0 fully saturated rings. The standard InChI is InChI=1S/C22H34N6O2/c1-7-23-20(26-14-19-24-13-18(30-19)22(4,5)6)25-12-16-8-10-17(11-9-16)28-21(29)27-15(2)3/h8-11,13,15H,7,12,14H2,1-6H3,(H2,23,25,26)(H2,27,28,29). The molecule has 8 nitrogen and oxygen atoms in total. The van der Waals surface area contributed by atoms with Crippen molar-refractivity contribution < 1.29 is 9.21 Å². The number of nitrogens with one attached hydrogen (secondary N) is 4. The van der Waals surface area contributed by atoms with Gasteiger partial charge in [0.2, 0.25) is 5.89 Å².